The normalized spacial score (nSPS) is 10.5. The van der Waals surface area contributed by atoms with E-state index in [1.54, 1.807) is 0 Å². The molecular formula is C12H15IN4. The summed E-state index contributed by atoms with van der Waals surface area (Å²) in [6, 6.07) is 5.88. The number of hydrogen-bond donors (Lipinski definition) is 2. The molecule has 4 nitrogen and oxygen atoms in total. The Kier molecular flexibility index (Phi) is 3.88. The van der Waals surface area contributed by atoms with E-state index >= 15 is 0 Å². The number of halogens is 1. The number of nitrogens with zero attached hydrogens (tertiary/aromatic N) is 2. The molecule has 0 radical (unpaired) electrons. The molecule has 5 heteroatoms. The lowest BCUT2D eigenvalue weighted by atomic mass is 10.3. The lowest BCUT2D eigenvalue weighted by Gasteiger charge is -2.09. The minimum atomic E-state index is 0.795. The van der Waals surface area contributed by atoms with E-state index in [0.29, 0.717) is 0 Å². The van der Waals surface area contributed by atoms with Crippen molar-refractivity contribution in [3.05, 3.63) is 40.0 Å². The van der Waals surface area contributed by atoms with E-state index in [4.69, 9.17) is 5.73 Å². The minimum absolute atomic E-state index is 0.795. The summed E-state index contributed by atoms with van der Waals surface area (Å²) < 4.78 is 3.18. The van der Waals surface area contributed by atoms with E-state index in [2.05, 4.69) is 32.9 Å². The monoisotopic (exact) mass is 342 g/mol. The van der Waals surface area contributed by atoms with Gasteiger partial charge in [0, 0.05) is 47.4 Å². The molecule has 1 heterocycles. The van der Waals surface area contributed by atoms with Crippen molar-refractivity contribution in [2.75, 3.05) is 17.6 Å². The summed E-state index contributed by atoms with van der Waals surface area (Å²) in [5.41, 5.74) is 7.62. The van der Waals surface area contributed by atoms with Crippen LogP contribution in [-0.4, -0.2) is 16.1 Å². The number of aromatic nitrogens is 2. The third-order valence-corrected chi connectivity index (χ3v) is 3.47. The van der Waals surface area contributed by atoms with Crippen LogP contribution in [0.4, 0.5) is 11.4 Å². The van der Waals surface area contributed by atoms with Gasteiger partial charge in [-0.2, -0.15) is 0 Å². The summed E-state index contributed by atoms with van der Waals surface area (Å²) >= 11 is 2.28. The zero-order chi connectivity index (χ0) is 12.3. The summed E-state index contributed by atoms with van der Waals surface area (Å²) in [6.45, 7) is 0.866. The Bertz CT molecular complexity index is 507. The number of imidazole rings is 1. The van der Waals surface area contributed by atoms with Gasteiger partial charge in [-0.3, -0.25) is 0 Å². The molecule has 0 aliphatic rings. The van der Waals surface area contributed by atoms with Crippen LogP contribution in [0.15, 0.2) is 30.6 Å². The van der Waals surface area contributed by atoms with Gasteiger partial charge in [0.2, 0.25) is 0 Å². The van der Waals surface area contributed by atoms with E-state index in [9.17, 15) is 0 Å². The van der Waals surface area contributed by atoms with Gasteiger partial charge in [-0.1, -0.05) is 0 Å². The average molecular weight is 342 g/mol. The molecule has 90 valence electrons. The number of nitrogens with one attached hydrogen (secondary N) is 1. The van der Waals surface area contributed by atoms with Crippen LogP contribution in [0.1, 0.15) is 5.82 Å². The van der Waals surface area contributed by atoms with Crippen LogP contribution in [-0.2, 0) is 13.5 Å². The third kappa shape index (κ3) is 3.12. The van der Waals surface area contributed by atoms with Gasteiger partial charge >= 0.3 is 0 Å². The van der Waals surface area contributed by atoms with E-state index < -0.39 is 0 Å². The molecule has 0 aliphatic carbocycles. The SMILES string of the molecule is Cn1ccnc1CCNc1ccc(N)cc1I. The smallest absolute Gasteiger partial charge is 0.110 e. The van der Waals surface area contributed by atoms with Gasteiger partial charge in [-0.05, 0) is 40.8 Å². The maximum atomic E-state index is 5.71. The summed E-state index contributed by atoms with van der Waals surface area (Å²) in [5, 5.41) is 3.39. The van der Waals surface area contributed by atoms with E-state index in [1.807, 2.05) is 42.2 Å². The Morgan fingerprint density at radius 1 is 1.47 bits per heavy atom. The molecular weight excluding hydrogens is 327 g/mol. The van der Waals surface area contributed by atoms with Gasteiger partial charge in [0.1, 0.15) is 5.82 Å². The first-order valence-electron chi connectivity index (χ1n) is 5.42. The molecule has 0 aliphatic heterocycles. The van der Waals surface area contributed by atoms with Gasteiger partial charge < -0.3 is 15.6 Å². The number of aryl methyl sites for hydroxylation is 1. The van der Waals surface area contributed by atoms with Crippen LogP contribution in [0, 0.1) is 3.57 Å². The van der Waals surface area contributed by atoms with E-state index in [1.165, 1.54) is 0 Å². The third-order valence-electron chi connectivity index (χ3n) is 2.58. The second kappa shape index (κ2) is 5.39. The van der Waals surface area contributed by atoms with Crippen LogP contribution >= 0.6 is 22.6 Å². The highest BCUT2D eigenvalue weighted by Crippen LogP contribution is 2.20. The molecule has 1 aromatic carbocycles. The predicted octanol–water partition coefficient (Wildman–Crippen LogP) is 2.26. The molecule has 0 atom stereocenters. The Labute approximate surface area is 114 Å². The Hall–Kier alpha value is -1.24. The first-order valence-corrected chi connectivity index (χ1v) is 6.50. The maximum absolute atomic E-state index is 5.71. The number of benzene rings is 1. The summed E-state index contributed by atoms with van der Waals surface area (Å²) in [5.74, 6) is 1.09. The minimum Gasteiger partial charge on any atom is -0.399 e. The van der Waals surface area contributed by atoms with E-state index in [-0.39, 0.29) is 0 Å². The molecule has 2 aromatic rings. The van der Waals surface area contributed by atoms with Crippen LogP contribution in [0.3, 0.4) is 0 Å². The Morgan fingerprint density at radius 3 is 2.94 bits per heavy atom. The average Bonchev–Trinajstić information content (AvgIpc) is 2.68. The number of anilines is 2. The van der Waals surface area contributed by atoms with Crippen LogP contribution in [0.5, 0.6) is 0 Å². The molecule has 0 saturated heterocycles. The van der Waals surface area contributed by atoms with Gasteiger partial charge in [0.05, 0.1) is 0 Å². The fourth-order valence-electron chi connectivity index (χ4n) is 1.62. The molecule has 0 unspecified atom stereocenters. The second-order valence-corrected chi connectivity index (χ2v) is 5.03. The summed E-state index contributed by atoms with van der Waals surface area (Å²) in [7, 11) is 2.01. The van der Waals surface area contributed by atoms with Crippen molar-refractivity contribution in [3.8, 4) is 0 Å². The molecule has 3 N–H and O–H groups in total. The van der Waals surface area contributed by atoms with Crippen molar-refractivity contribution in [2.24, 2.45) is 7.05 Å². The number of nitrogen functional groups attached to an aromatic ring is 1. The number of hydrogen-bond acceptors (Lipinski definition) is 3. The van der Waals surface area contributed by atoms with Gasteiger partial charge in [0.25, 0.3) is 0 Å². The first kappa shape index (κ1) is 12.2. The van der Waals surface area contributed by atoms with Crippen molar-refractivity contribution >= 4 is 34.0 Å². The zero-order valence-electron chi connectivity index (χ0n) is 9.65. The van der Waals surface area contributed by atoms with Crippen molar-refractivity contribution < 1.29 is 0 Å². The highest BCUT2D eigenvalue weighted by molar-refractivity contribution is 14.1. The molecule has 1 aromatic heterocycles. The van der Waals surface area contributed by atoms with E-state index in [0.717, 1.165) is 33.7 Å². The molecule has 17 heavy (non-hydrogen) atoms. The summed E-state index contributed by atoms with van der Waals surface area (Å²) in [4.78, 5) is 4.28. The van der Waals surface area contributed by atoms with Crippen molar-refractivity contribution in [1.82, 2.24) is 9.55 Å². The molecule has 0 amide bonds. The lowest BCUT2D eigenvalue weighted by molar-refractivity contribution is 0.789. The van der Waals surface area contributed by atoms with Crippen LogP contribution in [0.2, 0.25) is 0 Å². The highest BCUT2D eigenvalue weighted by atomic mass is 127. The van der Waals surface area contributed by atoms with Gasteiger partial charge in [0.15, 0.2) is 0 Å². The topological polar surface area (TPSA) is 55.9 Å². The fraction of sp³-hybridized carbons (Fsp3) is 0.250. The highest BCUT2D eigenvalue weighted by Gasteiger charge is 2.01. The predicted molar refractivity (Wildman–Crippen MR) is 79.0 cm³/mol. The van der Waals surface area contributed by atoms with Crippen LogP contribution < -0.4 is 11.1 Å². The van der Waals surface area contributed by atoms with Crippen molar-refractivity contribution in [2.45, 2.75) is 6.42 Å². The summed E-state index contributed by atoms with van der Waals surface area (Å²) in [6.07, 6.45) is 4.69. The molecule has 0 saturated carbocycles. The van der Waals surface area contributed by atoms with Crippen molar-refractivity contribution in [1.29, 1.82) is 0 Å². The van der Waals surface area contributed by atoms with Crippen molar-refractivity contribution in [3.63, 3.8) is 0 Å². The fourth-order valence-corrected chi connectivity index (χ4v) is 2.35. The maximum Gasteiger partial charge on any atom is 0.110 e. The second-order valence-electron chi connectivity index (χ2n) is 3.87. The Balaban J connectivity index is 1.92. The van der Waals surface area contributed by atoms with Gasteiger partial charge in [-0.15, -0.1) is 0 Å². The standard InChI is InChI=1S/C12H15IN4/c1-17-7-6-16-12(17)4-5-15-11-3-2-9(14)8-10(11)13/h2-3,6-8,15H,4-5,14H2,1H3. The molecule has 0 bridgehead atoms. The molecule has 0 fully saturated rings. The largest absolute Gasteiger partial charge is 0.399 e. The molecule has 2 rings (SSSR count). The molecule has 0 spiro atoms. The lowest BCUT2D eigenvalue weighted by Crippen LogP contribution is -2.09. The van der Waals surface area contributed by atoms with Crippen LogP contribution in [0.25, 0.3) is 0 Å². The zero-order valence-corrected chi connectivity index (χ0v) is 11.8. The Morgan fingerprint density at radius 2 is 2.29 bits per heavy atom. The first-order chi connectivity index (χ1) is 8.16. The number of rotatable bonds is 4. The van der Waals surface area contributed by atoms with Gasteiger partial charge in [-0.25, -0.2) is 4.98 Å². The number of nitrogens with two attached hydrogens (primary N) is 1. The quantitative estimate of drug-likeness (QED) is 0.662.